The summed E-state index contributed by atoms with van der Waals surface area (Å²) in [6.07, 6.45) is 6.75. The van der Waals surface area contributed by atoms with Crippen LogP contribution < -0.4 is 0 Å². The van der Waals surface area contributed by atoms with E-state index in [-0.39, 0.29) is 5.91 Å². The van der Waals surface area contributed by atoms with Gasteiger partial charge in [-0.1, -0.05) is 29.8 Å². The van der Waals surface area contributed by atoms with Crippen LogP contribution in [0, 0.1) is 0 Å². The highest BCUT2D eigenvalue weighted by Gasteiger charge is 2.19. The van der Waals surface area contributed by atoms with E-state index in [1.54, 1.807) is 11.8 Å². The molecule has 0 atom stereocenters. The molecule has 0 saturated carbocycles. The van der Waals surface area contributed by atoms with Crippen molar-refractivity contribution in [3.63, 3.8) is 0 Å². The first-order valence-corrected chi connectivity index (χ1v) is 8.59. The summed E-state index contributed by atoms with van der Waals surface area (Å²) in [4.78, 5) is 17.8. The molecule has 0 radical (unpaired) electrons. The quantitative estimate of drug-likeness (QED) is 0.841. The van der Waals surface area contributed by atoms with Crippen LogP contribution >= 0.6 is 11.6 Å². The normalized spacial score (nSPS) is 14.7. The lowest BCUT2D eigenvalue weighted by atomic mass is 9.96. The van der Waals surface area contributed by atoms with Gasteiger partial charge in [0.05, 0.1) is 5.69 Å². The first-order chi connectivity index (χ1) is 11.6. The predicted octanol–water partition coefficient (Wildman–Crippen LogP) is 4.13. The summed E-state index contributed by atoms with van der Waals surface area (Å²) in [5.74, 6) is 0.0833. The van der Waals surface area contributed by atoms with Crippen molar-refractivity contribution >= 4 is 23.1 Å². The maximum absolute atomic E-state index is 11.4. The minimum Gasteiger partial charge on any atom is -0.346 e. The van der Waals surface area contributed by atoms with Gasteiger partial charge in [0, 0.05) is 37.3 Å². The zero-order chi connectivity index (χ0) is 17.1. The molecular weight excluding hydrogens is 320 g/mol. The molecule has 1 amide bonds. The summed E-state index contributed by atoms with van der Waals surface area (Å²) < 4.78 is 0. The molecule has 1 heterocycles. The lowest BCUT2D eigenvalue weighted by molar-refractivity contribution is -0.127. The highest BCUT2D eigenvalue weighted by atomic mass is 35.5. The van der Waals surface area contributed by atoms with E-state index < -0.39 is 0 Å². The van der Waals surface area contributed by atoms with Crippen LogP contribution in [0.25, 0.3) is 5.57 Å². The van der Waals surface area contributed by atoms with E-state index in [0.29, 0.717) is 6.54 Å². The summed E-state index contributed by atoms with van der Waals surface area (Å²) in [6.45, 7) is 2.29. The van der Waals surface area contributed by atoms with Crippen LogP contribution in [0.1, 0.15) is 35.7 Å². The maximum Gasteiger partial charge on any atom is 0.219 e. The number of amides is 1. The Kier molecular flexibility index (Phi) is 5.00. The third-order valence-corrected chi connectivity index (χ3v) is 4.75. The second kappa shape index (κ2) is 7.18. The minimum atomic E-state index is 0.0833. The Bertz CT molecular complexity index is 798. The number of aromatic nitrogens is 1. The Balaban J connectivity index is 2.01. The summed E-state index contributed by atoms with van der Waals surface area (Å²) in [5, 5.41) is 0.767. The van der Waals surface area contributed by atoms with Crippen molar-refractivity contribution in [3.05, 3.63) is 70.0 Å². The molecule has 0 N–H and O–H groups in total. The van der Waals surface area contributed by atoms with E-state index >= 15 is 0 Å². The molecule has 1 aliphatic carbocycles. The molecule has 3 rings (SSSR count). The van der Waals surface area contributed by atoms with Gasteiger partial charge < -0.3 is 4.90 Å². The van der Waals surface area contributed by atoms with E-state index in [1.807, 2.05) is 25.4 Å². The molecule has 1 aromatic heterocycles. The molecular formula is C20H21ClN2O. The topological polar surface area (TPSA) is 33.2 Å². The predicted molar refractivity (Wildman–Crippen MR) is 98.1 cm³/mol. The fraction of sp³-hybridized carbons (Fsp3) is 0.300. The van der Waals surface area contributed by atoms with Gasteiger partial charge >= 0.3 is 0 Å². The average molecular weight is 341 g/mol. The number of nitrogens with zero attached hydrogens (tertiary/aromatic N) is 2. The lowest BCUT2D eigenvalue weighted by Crippen LogP contribution is -2.24. The average Bonchev–Trinajstić information content (AvgIpc) is 2.72. The number of aryl methyl sites for hydroxylation is 2. The third kappa shape index (κ3) is 3.51. The van der Waals surface area contributed by atoms with Crippen molar-refractivity contribution in [2.75, 3.05) is 13.6 Å². The fourth-order valence-electron chi connectivity index (χ4n) is 3.08. The van der Waals surface area contributed by atoms with Gasteiger partial charge in [-0.2, -0.15) is 0 Å². The standard InChI is InChI=1S/C20H21ClN2O/c1-14(24)23(2)12-4-6-19-18-10-9-17(21)13-16(18)8-7-15-5-3-11-22-20(15)19/h3,5-6,9-11,13H,4,7-8,12H2,1-2H3/b19-6+. The molecule has 1 aliphatic rings. The van der Waals surface area contributed by atoms with Crippen molar-refractivity contribution in [1.29, 1.82) is 0 Å². The van der Waals surface area contributed by atoms with Crippen molar-refractivity contribution in [3.8, 4) is 0 Å². The lowest BCUT2D eigenvalue weighted by Gasteiger charge is -2.15. The Morgan fingerprint density at radius 1 is 1.29 bits per heavy atom. The number of carbonyl (C=O) groups excluding carboxylic acids is 1. The van der Waals surface area contributed by atoms with Crippen LogP contribution in [0.15, 0.2) is 42.6 Å². The number of hydrogen-bond acceptors (Lipinski definition) is 2. The summed E-state index contributed by atoms with van der Waals surface area (Å²) in [5.41, 5.74) is 5.90. The van der Waals surface area contributed by atoms with Crippen molar-refractivity contribution < 1.29 is 4.79 Å². The van der Waals surface area contributed by atoms with Crippen LogP contribution in [0.5, 0.6) is 0 Å². The van der Waals surface area contributed by atoms with Crippen molar-refractivity contribution in [2.24, 2.45) is 0 Å². The van der Waals surface area contributed by atoms with Gasteiger partial charge in [0.1, 0.15) is 0 Å². The molecule has 4 heteroatoms. The van der Waals surface area contributed by atoms with E-state index in [4.69, 9.17) is 11.6 Å². The Morgan fingerprint density at radius 2 is 2.08 bits per heavy atom. The minimum absolute atomic E-state index is 0.0833. The van der Waals surface area contributed by atoms with Gasteiger partial charge in [0.15, 0.2) is 0 Å². The van der Waals surface area contributed by atoms with E-state index in [9.17, 15) is 4.79 Å². The first kappa shape index (κ1) is 16.7. The molecule has 0 unspecified atom stereocenters. The molecule has 0 fully saturated rings. The third-order valence-electron chi connectivity index (χ3n) is 4.52. The van der Waals surface area contributed by atoms with Crippen LogP contribution in [0.2, 0.25) is 5.02 Å². The zero-order valence-corrected chi connectivity index (χ0v) is 14.8. The number of fused-ring (bicyclic) bond motifs is 2. The monoisotopic (exact) mass is 340 g/mol. The van der Waals surface area contributed by atoms with Crippen LogP contribution in [-0.4, -0.2) is 29.4 Å². The molecule has 0 bridgehead atoms. The molecule has 24 heavy (non-hydrogen) atoms. The van der Waals surface area contributed by atoms with Crippen LogP contribution in [0.3, 0.4) is 0 Å². The molecule has 2 aromatic rings. The SMILES string of the molecule is CC(=O)N(C)CC/C=C1\c2ccc(Cl)cc2CCc2cccnc21. The second-order valence-electron chi connectivity index (χ2n) is 6.16. The Hall–Kier alpha value is -2.13. The largest absolute Gasteiger partial charge is 0.346 e. The maximum atomic E-state index is 11.4. The van der Waals surface area contributed by atoms with E-state index in [2.05, 4.69) is 29.3 Å². The number of hydrogen-bond donors (Lipinski definition) is 0. The molecule has 0 aliphatic heterocycles. The smallest absolute Gasteiger partial charge is 0.219 e. The van der Waals surface area contributed by atoms with Gasteiger partial charge in [0.2, 0.25) is 5.91 Å². The van der Waals surface area contributed by atoms with Gasteiger partial charge in [-0.15, -0.1) is 0 Å². The molecule has 0 spiro atoms. The second-order valence-corrected chi connectivity index (χ2v) is 6.60. The zero-order valence-electron chi connectivity index (χ0n) is 14.1. The van der Waals surface area contributed by atoms with Crippen LogP contribution in [-0.2, 0) is 17.6 Å². The Labute approximate surface area is 148 Å². The fourth-order valence-corrected chi connectivity index (χ4v) is 3.27. The molecule has 3 nitrogen and oxygen atoms in total. The number of halogens is 1. The number of rotatable bonds is 3. The van der Waals surface area contributed by atoms with Gasteiger partial charge in [-0.25, -0.2) is 0 Å². The first-order valence-electron chi connectivity index (χ1n) is 8.21. The number of pyridine rings is 1. The van der Waals surface area contributed by atoms with Gasteiger partial charge in [0.25, 0.3) is 0 Å². The summed E-state index contributed by atoms with van der Waals surface area (Å²) in [6, 6.07) is 10.2. The van der Waals surface area contributed by atoms with E-state index in [1.165, 1.54) is 16.7 Å². The summed E-state index contributed by atoms with van der Waals surface area (Å²) in [7, 11) is 1.83. The molecule has 124 valence electrons. The Morgan fingerprint density at radius 3 is 2.88 bits per heavy atom. The summed E-state index contributed by atoms with van der Waals surface area (Å²) >= 11 is 6.19. The van der Waals surface area contributed by atoms with Crippen LogP contribution in [0.4, 0.5) is 0 Å². The van der Waals surface area contributed by atoms with Crippen molar-refractivity contribution in [1.82, 2.24) is 9.88 Å². The van der Waals surface area contributed by atoms with E-state index in [0.717, 1.165) is 35.6 Å². The number of carbonyl (C=O) groups is 1. The molecule has 1 aromatic carbocycles. The number of benzene rings is 1. The molecule has 0 saturated heterocycles. The highest BCUT2D eigenvalue weighted by Crippen LogP contribution is 2.33. The highest BCUT2D eigenvalue weighted by molar-refractivity contribution is 6.30. The van der Waals surface area contributed by atoms with Crippen molar-refractivity contribution in [2.45, 2.75) is 26.2 Å². The van der Waals surface area contributed by atoms with Gasteiger partial charge in [-0.05, 0) is 54.2 Å². The van der Waals surface area contributed by atoms with Gasteiger partial charge in [-0.3, -0.25) is 9.78 Å².